The number of nitrogens with one attached hydrogen (secondary N) is 1. The monoisotopic (exact) mass is 483 g/mol. The van der Waals surface area contributed by atoms with Crippen molar-refractivity contribution in [3.05, 3.63) is 83.4 Å². The predicted molar refractivity (Wildman–Crippen MR) is 130 cm³/mol. The maximum atomic E-state index is 12.8. The molecule has 0 spiro atoms. The summed E-state index contributed by atoms with van der Waals surface area (Å²) in [4.78, 5) is 14.6. The van der Waals surface area contributed by atoms with E-state index >= 15 is 0 Å². The Balaban J connectivity index is 1.26. The number of benzene rings is 3. The number of anilines is 1. The summed E-state index contributed by atoms with van der Waals surface area (Å²) in [6.45, 7) is 3.71. The third kappa shape index (κ3) is 6.76. The molecule has 1 saturated heterocycles. The molecule has 184 valence electrons. The summed E-state index contributed by atoms with van der Waals surface area (Å²) in [5.41, 5.74) is 9.11. The molecule has 1 aliphatic heterocycles. The van der Waals surface area contributed by atoms with Crippen LogP contribution in [0, 0.1) is 0 Å². The molecule has 0 aliphatic carbocycles. The van der Waals surface area contributed by atoms with Crippen molar-refractivity contribution in [3.8, 4) is 16.9 Å². The number of ether oxygens (including phenoxy) is 1. The fourth-order valence-corrected chi connectivity index (χ4v) is 4.13. The van der Waals surface area contributed by atoms with E-state index in [0.29, 0.717) is 24.1 Å². The molecule has 35 heavy (non-hydrogen) atoms. The van der Waals surface area contributed by atoms with Gasteiger partial charge in [-0.25, -0.2) is 4.79 Å². The van der Waals surface area contributed by atoms with Gasteiger partial charge in [0.15, 0.2) is 5.75 Å². The van der Waals surface area contributed by atoms with E-state index in [1.165, 1.54) is 36.6 Å². The Morgan fingerprint density at radius 2 is 1.54 bits per heavy atom. The molecule has 0 bridgehead atoms. The summed E-state index contributed by atoms with van der Waals surface area (Å²) in [5.74, 6) is 0.185. The number of nitrogen functional groups attached to an aromatic ring is 1. The number of alkyl halides is 3. The van der Waals surface area contributed by atoms with E-state index < -0.39 is 17.8 Å². The largest absolute Gasteiger partial charge is 0.416 e. The van der Waals surface area contributed by atoms with Gasteiger partial charge in [0, 0.05) is 13.1 Å². The van der Waals surface area contributed by atoms with E-state index in [1.807, 2.05) is 0 Å². The number of carbonyl (C=O) groups excluding carboxylic acids is 1. The molecule has 1 amide bonds. The smallest absolute Gasteiger partial charge is 0.408 e. The third-order valence-corrected chi connectivity index (χ3v) is 6.07. The van der Waals surface area contributed by atoms with Gasteiger partial charge in [0.25, 0.3) is 0 Å². The number of rotatable bonds is 7. The molecule has 3 N–H and O–H groups in total. The molecule has 4 rings (SSSR count). The van der Waals surface area contributed by atoms with Gasteiger partial charge in [-0.15, -0.1) is 0 Å². The lowest BCUT2D eigenvalue weighted by atomic mass is 10.0. The van der Waals surface area contributed by atoms with Gasteiger partial charge in [0.1, 0.15) is 0 Å². The zero-order valence-corrected chi connectivity index (χ0v) is 19.3. The fourth-order valence-electron chi connectivity index (χ4n) is 4.13. The van der Waals surface area contributed by atoms with Gasteiger partial charge in [0.2, 0.25) is 0 Å². The summed E-state index contributed by atoms with van der Waals surface area (Å²) < 4.78 is 43.6. The number of nitrogens with two attached hydrogens (primary N) is 1. The Hall–Kier alpha value is -3.52. The van der Waals surface area contributed by atoms with Crippen LogP contribution in [0.4, 0.5) is 23.7 Å². The number of carbonyl (C=O) groups is 1. The van der Waals surface area contributed by atoms with Crippen LogP contribution in [-0.4, -0.2) is 30.6 Å². The zero-order chi connectivity index (χ0) is 24.8. The lowest BCUT2D eigenvalue weighted by Gasteiger charge is -2.14. The van der Waals surface area contributed by atoms with Gasteiger partial charge >= 0.3 is 12.3 Å². The average Bonchev–Trinajstić information content (AvgIpc) is 3.34. The van der Waals surface area contributed by atoms with Gasteiger partial charge in [0.05, 0.1) is 11.3 Å². The second-order valence-corrected chi connectivity index (χ2v) is 8.69. The van der Waals surface area contributed by atoms with Crippen molar-refractivity contribution in [2.45, 2.75) is 32.0 Å². The quantitative estimate of drug-likeness (QED) is 0.412. The molecule has 0 atom stereocenters. The van der Waals surface area contributed by atoms with E-state index in [2.05, 4.69) is 34.5 Å². The normalized spacial score (nSPS) is 14.1. The summed E-state index contributed by atoms with van der Waals surface area (Å²) in [7, 11) is 0. The second-order valence-electron chi connectivity index (χ2n) is 8.69. The summed E-state index contributed by atoms with van der Waals surface area (Å²) in [6.07, 6.45) is -1.80. The van der Waals surface area contributed by atoms with Crippen LogP contribution >= 0.6 is 0 Å². The molecule has 0 saturated carbocycles. The van der Waals surface area contributed by atoms with Crippen molar-refractivity contribution < 1.29 is 22.7 Å². The maximum Gasteiger partial charge on any atom is 0.416 e. The zero-order valence-electron chi connectivity index (χ0n) is 19.3. The van der Waals surface area contributed by atoms with Gasteiger partial charge < -0.3 is 15.8 Å². The topological polar surface area (TPSA) is 67.6 Å². The van der Waals surface area contributed by atoms with E-state index in [4.69, 9.17) is 10.5 Å². The molecule has 1 aliphatic rings. The number of amides is 1. The molecule has 3 aromatic rings. The molecule has 0 radical (unpaired) electrons. The summed E-state index contributed by atoms with van der Waals surface area (Å²) >= 11 is 0. The first-order chi connectivity index (χ1) is 16.8. The highest BCUT2D eigenvalue weighted by Crippen LogP contribution is 2.33. The molecule has 0 unspecified atom stereocenters. The lowest BCUT2D eigenvalue weighted by molar-refractivity contribution is -0.137. The number of likely N-dealkylation sites (tertiary alicyclic amines) is 1. The van der Waals surface area contributed by atoms with Crippen molar-refractivity contribution in [2.24, 2.45) is 0 Å². The van der Waals surface area contributed by atoms with Crippen LogP contribution in [0.2, 0.25) is 0 Å². The minimum absolute atomic E-state index is 0.185. The first-order valence-electron chi connectivity index (χ1n) is 11.6. The first kappa shape index (κ1) is 24.6. The van der Waals surface area contributed by atoms with Crippen LogP contribution < -0.4 is 15.8 Å². The highest BCUT2D eigenvalue weighted by Gasteiger charge is 2.30. The number of hydrogen-bond donors (Lipinski definition) is 2. The van der Waals surface area contributed by atoms with Crippen LogP contribution in [0.5, 0.6) is 5.75 Å². The number of hydrogen-bond acceptors (Lipinski definition) is 4. The van der Waals surface area contributed by atoms with Crippen molar-refractivity contribution in [3.63, 3.8) is 0 Å². The van der Waals surface area contributed by atoms with Gasteiger partial charge in [-0.3, -0.25) is 4.90 Å². The van der Waals surface area contributed by atoms with E-state index in [0.717, 1.165) is 37.3 Å². The van der Waals surface area contributed by atoms with E-state index in [-0.39, 0.29) is 11.4 Å². The third-order valence-electron chi connectivity index (χ3n) is 6.07. The standard InChI is InChI=1S/C27H28F3N3O2/c28-27(29,30)23-10-7-21(8-11-23)22-9-12-25(24(31)17-22)35-26(34)32-14-13-19-3-5-20(6-4-19)18-33-15-1-2-16-33/h3-12,17H,1-2,13-16,18,31H2,(H,32,34). The second kappa shape index (κ2) is 10.8. The fraction of sp³-hybridized carbons (Fsp3) is 0.296. The SMILES string of the molecule is Nc1cc(-c2ccc(C(F)(F)F)cc2)ccc1OC(=O)NCCc1ccc(CN2CCCC2)cc1. The Bertz CT molecular complexity index is 1140. The molecule has 1 fully saturated rings. The van der Waals surface area contributed by atoms with Crippen molar-refractivity contribution in [1.29, 1.82) is 0 Å². The number of nitrogens with zero attached hydrogens (tertiary/aromatic N) is 1. The number of halogens is 3. The Labute approximate surface area is 202 Å². The molecule has 5 nitrogen and oxygen atoms in total. The van der Waals surface area contributed by atoms with Gasteiger partial charge in [-0.2, -0.15) is 13.2 Å². The minimum atomic E-state index is -4.39. The van der Waals surface area contributed by atoms with Crippen LogP contribution in [-0.2, 0) is 19.1 Å². The molecular formula is C27H28F3N3O2. The highest BCUT2D eigenvalue weighted by atomic mass is 19.4. The Morgan fingerprint density at radius 1 is 0.914 bits per heavy atom. The molecule has 0 aromatic heterocycles. The molecule has 1 heterocycles. The maximum absolute atomic E-state index is 12.8. The van der Waals surface area contributed by atoms with Crippen molar-refractivity contribution in [2.75, 3.05) is 25.4 Å². The van der Waals surface area contributed by atoms with Crippen LogP contribution in [0.1, 0.15) is 29.5 Å². The molecule has 8 heteroatoms. The van der Waals surface area contributed by atoms with Crippen molar-refractivity contribution >= 4 is 11.8 Å². The van der Waals surface area contributed by atoms with Crippen LogP contribution in [0.15, 0.2) is 66.7 Å². The van der Waals surface area contributed by atoms with Crippen molar-refractivity contribution in [1.82, 2.24) is 10.2 Å². The summed E-state index contributed by atoms with van der Waals surface area (Å²) in [6, 6.07) is 18.0. The van der Waals surface area contributed by atoms with E-state index in [9.17, 15) is 18.0 Å². The van der Waals surface area contributed by atoms with Crippen LogP contribution in [0.25, 0.3) is 11.1 Å². The van der Waals surface area contributed by atoms with Gasteiger partial charge in [-0.05, 0) is 78.9 Å². The first-order valence-corrected chi connectivity index (χ1v) is 11.6. The Kier molecular flexibility index (Phi) is 7.60. The lowest BCUT2D eigenvalue weighted by Crippen LogP contribution is -2.29. The molecule has 3 aromatic carbocycles. The minimum Gasteiger partial charge on any atom is -0.408 e. The van der Waals surface area contributed by atoms with Gasteiger partial charge in [-0.1, -0.05) is 42.5 Å². The Morgan fingerprint density at radius 3 is 2.17 bits per heavy atom. The highest BCUT2D eigenvalue weighted by molar-refractivity contribution is 5.76. The summed E-state index contributed by atoms with van der Waals surface area (Å²) in [5, 5.41) is 2.72. The average molecular weight is 484 g/mol. The predicted octanol–water partition coefficient (Wildman–Crippen LogP) is 5.88. The van der Waals surface area contributed by atoms with E-state index in [1.54, 1.807) is 12.1 Å². The molecular weight excluding hydrogens is 455 g/mol. The van der Waals surface area contributed by atoms with Crippen LogP contribution in [0.3, 0.4) is 0 Å².